The lowest BCUT2D eigenvalue weighted by Gasteiger charge is -2.06. The number of rotatable bonds is 8. The zero-order chi connectivity index (χ0) is 13.4. The van der Waals surface area contributed by atoms with Gasteiger partial charge < -0.3 is 16.2 Å². The summed E-state index contributed by atoms with van der Waals surface area (Å²) in [5, 5.41) is 0. The minimum Gasteiger partial charge on any atom is -0.494 e. The lowest BCUT2D eigenvalue weighted by Crippen LogP contribution is -2.21. The maximum atomic E-state index is 11.3. The molecule has 18 heavy (non-hydrogen) atoms. The largest absolute Gasteiger partial charge is 0.494 e. The first kappa shape index (κ1) is 14.7. The molecule has 100 valence electrons. The van der Waals surface area contributed by atoms with E-state index < -0.39 is 16.7 Å². The van der Waals surface area contributed by atoms with Gasteiger partial charge in [0.15, 0.2) is 0 Å². The SMILES string of the molecule is NCc1ccc(OCCCS(=O)CC(N)=O)cc1. The van der Waals surface area contributed by atoms with Gasteiger partial charge in [-0.15, -0.1) is 0 Å². The van der Waals surface area contributed by atoms with Gasteiger partial charge in [0.25, 0.3) is 0 Å². The van der Waals surface area contributed by atoms with Gasteiger partial charge in [0.2, 0.25) is 5.91 Å². The normalized spacial score (nSPS) is 12.1. The zero-order valence-electron chi connectivity index (χ0n) is 10.1. The van der Waals surface area contributed by atoms with Crippen molar-refractivity contribution in [3.8, 4) is 5.75 Å². The third kappa shape index (κ3) is 5.79. The number of primary amides is 1. The maximum Gasteiger partial charge on any atom is 0.230 e. The number of benzene rings is 1. The Labute approximate surface area is 109 Å². The van der Waals surface area contributed by atoms with Crippen LogP contribution in [0.1, 0.15) is 12.0 Å². The number of hydrogen-bond acceptors (Lipinski definition) is 4. The molecular weight excluding hydrogens is 252 g/mol. The van der Waals surface area contributed by atoms with Crippen LogP contribution in [0.5, 0.6) is 5.75 Å². The topological polar surface area (TPSA) is 95.4 Å². The van der Waals surface area contributed by atoms with E-state index in [1.807, 2.05) is 24.3 Å². The number of nitrogens with two attached hydrogens (primary N) is 2. The van der Waals surface area contributed by atoms with Crippen LogP contribution in [-0.4, -0.2) is 28.2 Å². The summed E-state index contributed by atoms with van der Waals surface area (Å²) in [6, 6.07) is 7.51. The molecule has 1 amide bonds. The highest BCUT2D eigenvalue weighted by molar-refractivity contribution is 7.85. The van der Waals surface area contributed by atoms with Gasteiger partial charge in [0.05, 0.1) is 6.61 Å². The number of carbonyl (C=O) groups is 1. The highest BCUT2D eigenvalue weighted by Crippen LogP contribution is 2.11. The molecule has 4 N–H and O–H groups in total. The molecule has 0 radical (unpaired) electrons. The minimum atomic E-state index is -1.18. The van der Waals surface area contributed by atoms with E-state index in [1.165, 1.54) is 0 Å². The molecule has 1 rings (SSSR count). The molecule has 0 aliphatic carbocycles. The quantitative estimate of drug-likeness (QED) is 0.657. The molecule has 0 aliphatic heterocycles. The molecule has 1 aromatic rings. The Bertz CT molecular complexity index is 406. The van der Waals surface area contributed by atoms with Crippen molar-refractivity contribution in [2.75, 3.05) is 18.1 Å². The fraction of sp³-hybridized carbons (Fsp3) is 0.417. The first-order chi connectivity index (χ1) is 8.61. The number of amides is 1. The van der Waals surface area contributed by atoms with Crippen LogP contribution in [0.3, 0.4) is 0 Å². The van der Waals surface area contributed by atoms with Crippen molar-refractivity contribution < 1.29 is 13.7 Å². The van der Waals surface area contributed by atoms with Gasteiger partial charge in [-0.1, -0.05) is 12.1 Å². The third-order valence-electron chi connectivity index (χ3n) is 2.25. The molecule has 0 saturated heterocycles. The molecule has 1 unspecified atom stereocenters. The molecule has 0 bridgehead atoms. The highest BCUT2D eigenvalue weighted by atomic mass is 32.2. The lowest BCUT2D eigenvalue weighted by atomic mass is 10.2. The maximum absolute atomic E-state index is 11.3. The molecule has 0 fully saturated rings. The monoisotopic (exact) mass is 270 g/mol. The van der Waals surface area contributed by atoms with Crippen molar-refractivity contribution in [2.45, 2.75) is 13.0 Å². The molecule has 0 spiro atoms. The summed E-state index contributed by atoms with van der Waals surface area (Å²) in [5.41, 5.74) is 11.5. The Kier molecular flexibility index (Phi) is 6.38. The summed E-state index contributed by atoms with van der Waals surface area (Å²) < 4.78 is 16.8. The molecule has 0 aromatic heterocycles. The van der Waals surface area contributed by atoms with Crippen LogP contribution in [0.15, 0.2) is 24.3 Å². The fourth-order valence-corrected chi connectivity index (χ4v) is 2.26. The van der Waals surface area contributed by atoms with Crippen molar-refractivity contribution in [2.24, 2.45) is 11.5 Å². The van der Waals surface area contributed by atoms with Gasteiger partial charge in [-0.3, -0.25) is 9.00 Å². The lowest BCUT2D eigenvalue weighted by molar-refractivity contribution is -0.115. The van der Waals surface area contributed by atoms with Crippen LogP contribution in [-0.2, 0) is 22.1 Å². The van der Waals surface area contributed by atoms with Crippen LogP contribution < -0.4 is 16.2 Å². The summed E-state index contributed by atoms with van der Waals surface area (Å²) in [5.74, 6) is 0.564. The smallest absolute Gasteiger partial charge is 0.230 e. The minimum absolute atomic E-state index is 0.0782. The summed E-state index contributed by atoms with van der Waals surface area (Å²) >= 11 is 0. The Morgan fingerprint density at radius 3 is 2.50 bits per heavy atom. The van der Waals surface area contributed by atoms with Crippen LogP contribution >= 0.6 is 0 Å². The van der Waals surface area contributed by atoms with E-state index in [-0.39, 0.29) is 5.75 Å². The van der Waals surface area contributed by atoms with Gasteiger partial charge in [-0.2, -0.15) is 0 Å². The number of hydrogen-bond donors (Lipinski definition) is 2. The van der Waals surface area contributed by atoms with E-state index in [4.69, 9.17) is 16.2 Å². The first-order valence-electron chi connectivity index (χ1n) is 5.67. The van der Waals surface area contributed by atoms with E-state index in [2.05, 4.69) is 0 Å². The van der Waals surface area contributed by atoms with Crippen LogP contribution in [0, 0.1) is 0 Å². The van der Waals surface area contributed by atoms with Crippen molar-refractivity contribution in [1.82, 2.24) is 0 Å². The van der Waals surface area contributed by atoms with E-state index in [9.17, 15) is 9.00 Å². The van der Waals surface area contributed by atoms with E-state index in [0.717, 1.165) is 11.3 Å². The summed E-state index contributed by atoms with van der Waals surface area (Å²) in [7, 11) is -1.18. The Balaban J connectivity index is 2.21. The third-order valence-corrected chi connectivity index (χ3v) is 3.60. The van der Waals surface area contributed by atoms with Gasteiger partial charge in [-0.05, 0) is 24.1 Å². The van der Waals surface area contributed by atoms with Crippen molar-refractivity contribution in [1.29, 1.82) is 0 Å². The average Bonchev–Trinajstić information content (AvgIpc) is 2.34. The highest BCUT2D eigenvalue weighted by Gasteiger charge is 2.03. The average molecular weight is 270 g/mol. The molecule has 6 heteroatoms. The molecule has 5 nitrogen and oxygen atoms in total. The van der Waals surface area contributed by atoms with Gasteiger partial charge in [0.1, 0.15) is 11.5 Å². The number of carbonyl (C=O) groups excluding carboxylic acids is 1. The van der Waals surface area contributed by atoms with Crippen molar-refractivity contribution in [3.63, 3.8) is 0 Å². The molecule has 0 aliphatic rings. The second-order valence-electron chi connectivity index (χ2n) is 3.80. The van der Waals surface area contributed by atoms with Crippen molar-refractivity contribution in [3.05, 3.63) is 29.8 Å². The summed E-state index contributed by atoms with van der Waals surface area (Å²) in [6.45, 7) is 0.971. The predicted octanol–water partition coefficient (Wildman–Crippen LogP) is 0.148. The van der Waals surface area contributed by atoms with Gasteiger partial charge >= 0.3 is 0 Å². The van der Waals surface area contributed by atoms with Crippen LogP contribution in [0.2, 0.25) is 0 Å². The Hall–Kier alpha value is -1.40. The molecule has 1 atom stereocenters. The molecular formula is C12H18N2O3S. The summed E-state index contributed by atoms with van der Waals surface area (Å²) in [6.07, 6.45) is 0.624. The molecule has 0 heterocycles. The summed E-state index contributed by atoms with van der Waals surface area (Å²) in [4.78, 5) is 10.5. The van der Waals surface area contributed by atoms with Gasteiger partial charge in [-0.25, -0.2) is 0 Å². The van der Waals surface area contributed by atoms with E-state index >= 15 is 0 Å². The van der Waals surface area contributed by atoms with Crippen LogP contribution in [0.25, 0.3) is 0 Å². The number of ether oxygens (including phenoxy) is 1. The van der Waals surface area contributed by atoms with Crippen LogP contribution in [0.4, 0.5) is 0 Å². The van der Waals surface area contributed by atoms with Crippen molar-refractivity contribution >= 4 is 16.7 Å². The standard InChI is InChI=1S/C12H18N2O3S/c13-8-10-2-4-11(5-3-10)17-6-1-7-18(16)9-12(14)15/h2-5H,1,6-9,13H2,(H2,14,15). The first-order valence-corrected chi connectivity index (χ1v) is 7.15. The second kappa shape index (κ2) is 7.84. The predicted molar refractivity (Wildman–Crippen MR) is 71.5 cm³/mol. The van der Waals surface area contributed by atoms with E-state index in [1.54, 1.807) is 0 Å². The fourth-order valence-electron chi connectivity index (χ4n) is 1.36. The van der Waals surface area contributed by atoms with E-state index in [0.29, 0.717) is 25.3 Å². The zero-order valence-corrected chi connectivity index (χ0v) is 10.9. The molecule has 1 aromatic carbocycles. The Morgan fingerprint density at radius 2 is 1.94 bits per heavy atom. The van der Waals surface area contributed by atoms with Gasteiger partial charge in [0, 0.05) is 23.1 Å². The Morgan fingerprint density at radius 1 is 1.28 bits per heavy atom. The second-order valence-corrected chi connectivity index (χ2v) is 5.38. The molecule has 0 saturated carbocycles.